The molecule has 0 bridgehead atoms. The summed E-state index contributed by atoms with van der Waals surface area (Å²) in [6.45, 7) is 1.83. The molecule has 0 saturated heterocycles. The van der Waals surface area contributed by atoms with E-state index >= 15 is 0 Å². The lowest BCUT2D eigenvalue weighted by atomic mass is 10.1. The van der Waals surface area contributed by atoms with Crippen molar-refractivity contribution in [2.45, 2.75) is 6.92 Å². The second-order valence-corrected chi connectivity index (χ2v) is 6.16. The quantitative estimate of drug-likeness (QED) is 0.522. The molecular formula is C18H13ClF2N4. The SMILES string of the molecule is Cc1nn(C)c(-n2cnc3cccc(F)c32)c1-c1ccc(F)cc1Cl. The summed E-state index contributed by atoms with van der Waals surface area (Å²) in [4.78, 5) is 4.27. The van der Waals surface area contributed by atoms with Crippen LogP contribution in [0.3, 0.4) is 0 Å². The molecule has 0 saturated carbocycles. The molecule has 0 radical (unpaired) electrons. The van der Waals surface area contributed by atoms with Crippen molar-refractivity contribution in [3.8, 4) is 16.9 Å². The predicted molar refractivity (Wildman–Crippen MR) is 92.9 cm³/mol. The molecule has 4 aromatic rings. The van der Waals surface area contributed by atoms with Crippen molar-refractivity contribution < 1.29 is 8.78 Å². The fraction of sp³-hybridized carbons (Fsp3) is 0.111. The standard InChI is InChI=1S/C18H13ClF2N4/c1-10-16(12-7-6-11(20)8-13(12)19)18(24(2)23-10)25-9-22-15-5-3-4-14(21)17(15)25/h3-9H,1-2H3. The zero-order chi connectivity index (χ0) is 17.7. The molecule has 126 valence electrons. The van der Waals surface area contributed by atoms with Crippen LogP contribution in [0.5, 0.6) is 0 Å². The maximum atomic E-state index is 14.4. The maximum absolute atomic E-state index is 14.4. The highest BCUT2D eigenvalue weighted by atomic mass is 35.5. The molecule has 0 spiro atoms. The number of rotatable bonds is 2. The number of aromatic nitrogens is 4. The van der Waals surface area contributed by atoms with Gasteiger partial charge in [0.1, 0.15) is 29.3 Å². The van der Waals surface area contributed by atoms with E-state index in [2.05, 4.69) is 10.1 Å². The summed E-state index contributed by atoms with van der Waals surface area (Å²) in [6.07, 6.45) is 1.55. The maximum Gasteiger partial charge on any atom is 0.149 e. The first-order valence-electron chi connectivity index (χ1n) is 7.58. The molecule has 4 rings (SSSR count). The molecule has 0 unspecified atom stereocenters. The van der Waals surface area contributed by atoms with Gasteiger partial charge in [-0.15, -0.1) is 0 Å². The Morgan fingerprint density at radius 3 is 2.68 bits per heavy atom. The largest absolute Gasteiger partial charge is 0.280 e. The minimum Gasteiger partial charge on any atom is -0.280 e. The van der Waals surface area contributed by atoms with Crippen molar-refractivity contribution in [2.75, 3.05) is 0 Å². The third kappa shape index (κ3) is 2.41. The highest BCUT2D eigenvalue weighted by Gasteiger charge is 2.21. The molecule has 7 heteroatoms. The topological polar surface area (TPSA) is 35.6 Å². The number of nitrogens with zero attached hydrogens (tertiary/aromatic N) is 4. The average molecular weight is 359 g/mol. The summed E-state index contributed by atoms with van der Waals surface area (Å²) in [5.74, 6) is -0.195. The van der Waals surface area contributed by atoms with Crippen molar-refractivity contribution in [3.63, 3.8) is 0 Å². The Morgan fingerprint density at radius 2 is 1.92 bits per heavy atom. The zero-order valence-electron chi connectivity index (χ0n) is 13.5. The van der Waals surface area contributed by atoms with Gasteiger partial charge in [-0.05, 0) is 37.3 Å². The lowest BCUT2D eigenvalue weighted by Gasteiger charge is -2.11. The molecule has 2 aromatic heterocycles. The number of halogens is 3. The molecule has 0 N–H and O–H groups in total. The van der Waals surface area contributed by atoms with E-state index in [0.717, 1.165) is 0 Å². The average Bonchev–Trinajstić information content (AvgIpc) is 3.09. The minimum atomic E-state index is -0.420. The van der Waals surface area contributed by atoms with Crippen molar-refractivity contribution in [1.82, 2.24) is 19.3 Å². The third-order valence-electron chi connectivity index (χ3n) is 4.14. The second-order valence-electron chi connectivity index (χ2n) is 5.75. The summed E-state index contributed by atoms with van der Waals surface area (Å²) < 4.78 is 31.1. The van der Waals surface area contributed by atoms with Crippen LogP contribution in [-0.2, 0) is 7.05 Å². The van der Waals surface area contributed by atoms with E-state index in [1.807, 2.05) is 6.92 Å². The fourth-order valence-corrected chi connectivity index (χ4v) is 3.38. The molecule has 0 aliphatic rings. The predicted octanol–water partition coefficient (Wildman–Crippen LogP) is 4.67. The van der Waals surface area contributed by atoms with Crippen LogP contribution in [0.25, 0.3) is 28.0 Å². The van der Waals surface area contributed by atoms with Gasteiger partial charge < -0.3 is 0 Å². The van der Waals surface area contributed by atoms with E-state index in [-0.39, 0.29) is 10.8 Å². The monoisotopic (exact) mass is 358 g/mol. The Kier molecular flexibility index (Phi) is 3.58. The lowest BCUT2D eigenvalue weighted by Crippen LogP contribution is -2.04. The third-order valence-corrected chi connectivity index (χ3v) is 4.45. The van der Waals surface area contributed by atoms with Gasteiger partial charge in [0, 0.05) is 18.2 Å². The highest BCUT2D eigenvalue weighted by molar-refractivity contribution is 6.33. The van der Waals surface area contributed by atoms with Gasteiger partial charge in [0.25, 0.3) is 0 Å². The van der Waals surface area contributed by atoms with Crippen LogP contribution in [-0.4, -0.2) is 19.3 Å². The first-order valence-corrected chi connectivity index (χ1v) is 7.96. The smallest absolute Gasteiger partial charge is 0.149 e. The first kappa shape index (κ1) is 15.8. The normalized spacial score (nSPS) is 11.4. The summed E-state index contributed by atoms with van der Waals surface area (Å²) in [6, 6.07) is 8.92. The van der Waals surface area contributed by atoms with Gasteiger partial charge in [-0.1, -0.05) is 17.7 Å². The molecule has 4 nitrogen and oxygen atoms in total. The van der Waals surface area contributed by atoms with Gasteiger partial charge in [0.15, 0.2) is 0 Å². The molecular weight excluding hydrogens is 346 g/mol. The number of para-hydroxylation sites is 1. The van der Waals surface area contributed by atoms with Gasteiger partial charge in [0.05, 0.1) is 16.2 Å². The van der Waals surface area contributed by atoms with Crippen LogP contribution >= 0.6 is 11.6 Å². The van der Waals surface area contributed by atoms with Gasteiger partial charge in [-0.25, -0.2) is 13.8 Å². The summed E-state index contributed by atoms with van der Waals surface area (Å²) >= 11 is 6.25. The number of benzene rings is 2. The fourth-order valence-electron chi connectivity index (χ4n) is 3.11. The number of imidazole rings is 1. The lowest BCUT2D eigenvalue weighted by molar-refractivity contribution is 0.628. The van der Waals surface area contributed by atoms with Crippen LogP contribution in [0, 0.1) is 18.6 Å². The number of hydrogen-bond donors (Lipinski definition) is 0. The Morgan fingerprint density at radius 1 is 1.12 bits per heavy atom. The van der Waals surface area contributed by atoms with Crippen molar-refractivity contribution >= 4 is 22.6 Å². The van der Waals surface area contributed by atoms with Crippen LogP contribution in [0.15, 0.2) is 42.7 Å². The van der Waals surface area contributed by atoms with Gasteiger partial charge in [0.2, 0.25) is 0 Å². The van der Waals surface area contributed by atoms with Crippen LogP contribution in [0.1, 0.15) is 5.69 Å². The van der Waals surface area contributed by atoms with Gasteiger partial charge in [-0.3, -0.25) is 9.25 Å². The van der Waals surface area contributed by atoms with E-state index in [4.69, 9.17) is 11.6 Å². The Bertz CT molecular complexity index is 1110. The Hall–Kier alpha value is -2.73. The molecule has 0 amide bonds. The molecule has 2 aromatic carbocycles. The Labute approximate surface area is 147 Å². The van der Waals surface area contributed by atoms with Gasteiger partial charge in [-0.2, -0.15) is 5.10 Å². The molecule has 0 atom stereocenters. The van der Waals surface area contributed by atoms with Crippen LogP contribution in [0.2, 0.25) is 5.02 Å². The van der Waals surface area contributed by atoms with Crippen molar-refractivity contribution in [3.05, 3.63) is 65.1 Å². The number of hydrogen-bond acceptors (Lipinski definition) is 2. The number of fused-ring (bicyclic) bond motifs is 1. The van der Waals surface area contributed by atoms with E-state index < -0.39 is 5.82 Å². The van der Waals surface area contributed by atoms with Crippen molar-refractivity contribution in [1.29, 1.82) is 0 Å². The first-order chi connectivity index (χ1) is 12.0. The highest BCUT2D eigenvalue weighted by Crippen LogP contribution is 2.36. The second kappa shape index (κ2) is 5.67. The number of aryl methyl sites for hydroxylation is 2. The molecule has 2 heterocycles. The van der Waals surface area contributed by atoms with Crippen molar-refractivity contribution in [2.24, 2.45) is 7.05 Å². The van der Waals surface area contributed by atoms with Crippen LogP contribution in [0.4, 0.5) is 8.78 Å². The van der Waals surface area contributed by atoms with E-state index in [1.165, 1.54) is 18.2 Å². The summed E-state index contributed by atoms with van der Waals surface area (Å²) in [5.41, 5.74) is 2.92. The molecule has 0 aliphatic carbocycles. The summed E-state index contributed by atoms with van der Waals surface area (Å²) in [5, 5.41) is 4.70. The molecule has 0 aliphatic heterocycles. The summed E-state index contributed by atoms with van der Waals surface area (Å²) in [7, 11) is 1.76. The van der Waals surface area contributed by atoms with Gasteiger partial charge >= 0.3 is 0 Å². The Balaban J connectivity index is 2.06. The molecule has 25 heavy (non-hydrogen) atoms. The zero-order valence-corrected chi connectivity index (χ0v) is 14.2. The van der Waals surface area contributed by atoms with E-state index in [1.54, 1.807) is 40.8 Å². The van der Waals surface area contributed by atoms with E-state index in [9.17, 15) is 8.78 Å². The van der Waals surface area contributed by atoms with E-state index in [0.29, 0.717) is 33.7 Å². The minimum absolute atomic E-state index is 0.266. The van der Waals surface area contributed by atoms with Crippen LogP contribution < -0.4 is 0 Å². The molecule has 0 fully saturated rings.